The summed E-state index contributed by atoms with van der Waals surface area (Å²) in [4.78, 5) is 12.2. The first-order valence-electron chi connectivity index (χ1n) is 6.04. The van der Waals surface area contributed by atoms with Crippen LogP contribution in [-0.2, 0) is 6.54 Å². The summed E-state index contributed by atoms with van der Waals surface area (Å²) >= 11 is 1.77. The van der Waals surface area contributed by atoms with E-state index in [0.29, 0.717) is 6.04 Å². The molecule has 0 aliphatic carbocycles. The fourth-order valence-corrected chi connectivity index (χ4v) is 2.85. The molecule has 6 heteroatoms. The van der Waals surface area contributed by atoms with Crippen LogP contribution in [-0.4, -0.2) is 38.2 Å². The Balaban J connectivity index is 1.96. The van der Waals surface area contributed by atoms with Crippen molar-refractivity contribution >= 4 is 11.3 Å². The summed E-state index contributed by atoms with van der Waals surface area (Å²) in [5, 5.41) is 5.25. The van der Waals surface area contributed by atoms with E-state index < -0.39 is 0 Å². The number of aryl methyl sites for hydroxylation is 2. The van der Waals surface area contributed by atoms with Gasteiger partial charge in [0.15, 0.2) is 0 Å². The Labute approximate surface area is 111 Å². The molecule has 0 radical (unpaired) electrons. The molecule has 2 aromatic rings. The van der Waals surface area contributed by atoms with E-state index in [1.807, 2.05) is 4.68 Å². The molecule has 0 saturated carbocycles. The Kier molecular flexibility index (Phi) is 4.08. The first-order valence-corrected chi connectivity index (χ1v) is 6.86. The van der Waals surface area contributed by atoms with E-state index in [1.54, 1.807) is 24.0 Å². The summed E-state index contributed by atoms with van der Waals surface area (Å²) in [7, 11) is 2.12. The minimum absolute atomic E-state index is 0.332. The van der Waals surface area contributed by atoms with Crippen molar-refractivity contribution in [1.29, 1.82) is 0 Å². The maximum absolute atomic E-state index is 4.62. The SMILES string of the molecule is Cc1nc([C@@H](C)N(C)CCn2cncn2)c(C)s1. The van der Waals surface area contributed by atoms with E-state index in [9.17, 15) is 0 Å². The van der Waals surface area contributed by atoms with Crippen molar-refractivity contribution in [1.82, 2.24) is 24.6 Å². The molecule has 18 heavy (non-hydrogen) atoms. The van der Waals surface area contributed by atoms with Crippen LogP contribution < -0.4 is 0 Å². The zero-order valence-corrected chi connectivity index (χ0v) is 12.1. The summed E-state index contributed by atoms with van der Waals surface area (Å²) in [5.41, 5.74) is 1.19. The van der Waals surface area contributed by atoms with Crippen molar-refractivity contribution in [2.45, 2.75) is 33.4 Å². The summed E-state index contributed by atoms with van der Waals surface area (Å²) in [5.74, 6) is 0. The normalized spacial score (nSPS) is 13.2. The van der Waals surface area contributed by atoms with E-state index in [1.165, 1.54) is 10.6 Å². The van der Waals surface area contributed by atoms with Crippen molar-refractivity contribution in [2.24, 2.45) is 0 Å². The average molecular weight is 265 g/mol. The van der Waals surface area contributed by atoms with Gasteiger partial charge in [-0.2, -0.15) is 5.10 Å². The van der Waals surface area contributed by atoms with Gasteiger partial charge in [0.2, 0.25) is 0 Å². The van der Waals surface area contributed by atoms with Gasteiger partial charge in [0.25, 0.3) is 0 Å². The van der Waals surface area contributed by atoms with Crippen molar-refractivity contribution in [3.8, 4) is 0 Å². The number of rotatable bonds is 5. The number of hydrogen-bond donors (Lipinski definition) is 0. The number of aromatic nitrogens is 4. The van der Waals surface area contributed by atoms with Gasteiger partial charge in [-0.15, -0.1) is 11.3 Å². The zero-order valence-electron chi connectivity index (χ0n) is 11.3. The van der Waals surface area contributed by atoms with Gasteiger partial charge in [-0.3, -0.25) is 9.58 Å². The largest absolute Gasteiger partial charge is 0.296 e. The fraction of sp³-hybridized carbons (Fsp3) is 0.583. The van der Waals surface area contributed by atoms with Gasteiger partial charge in [-0.25, -0.2) is 9.97 Å². The lowest BCUT2D eigenvalue weighted by molar-refractivity contribution is 0.243. The second-order valence-corrected chi connectivity index (χ2v) is 5.90. The van der Waals surface area contributed by atoms with Crippen LogP contribution in [0.3, 0.4) is 0 Å². The molecule has 2 rings (SSSR count). The van der Waals surface area contributed by atoms with Crippen LogP contribution in [0.15, 0.2) is 12.7 Å². The molecule has 0 aliphatic rings. The van der Waals surface area contributed by atoms with Gasteiger partial charge < -0.3 is 0 Å². The van der Waals surface area contributed by atoms with Gasteiger partial charge in [0, 0.05) is 11.4 Å². The Bertz CT molecular complexity index is 491. The quantitative estimate of drug-likeness (QED) is 0.830. The molecule has 0 aliphatic heterocycles. The molecule has 0 amide bonds. The lowest BCUT2D eigenvalue weighted by Crippen LogP contribution is -2.27. The fourth-order valence-electron chi connectivity index (χ4n) is 1.94. The van der Waals surface area contributed by atoms with Crippen LogP contribution in [0.2, 0.25) is 0 Å². The highest BCUT2D eigenvalue weighted by Gasteiger charge is 2.17. The molecule has 2 heterocycles. The number of thiazole rings is 1. The highest BCUT2D eigenvalue weighted by molar-refractivity contribution is 7.11. The molecule has 2 aromatic heterocycles. The third-order valence-electron chi connectivity index (χ3n) is 3.14. The smallest absolute Gasteiger partial charge is 0.137 e. The first-order chi connectivity index (χ1) is 8.58. The number of likely N-dealkylation sites (N-methyl/N-ethyl adjacent to an activating group) is 1. The predicted octanol–water partition coefficient (Wildman–Crippen LogP) is 2.04. The third kappa shape index (κ3) is 2.94. The van der Waals surface area contributed by atoms with E-state index in [-0.39, 0.29) is 0 Å². The lowest BCUT2D eigenvalue weighted by atomic mass is 10.2. The minimum atomic E-state index is 0.332. The lowest BCUT2D eigenvalue weighted by Gasteiger charge is -2.23. The molecule has 98 valence electrons. The molecule has 1 atom stereocenters. The molecule has 0 fully saturated rings. The molecule has 0 aromatic carbocycles. The zero-order chi connectivity index (χ0) is 13.1. The summed E-state index contributed by atoms with van der Waals surface area (Å²) in [6.45, 7) is 8.18. The standard InChI is InChI=1S/C12H19N5S/c1-9(12-10(2)18-11(3)15-12)16(4)5-6-17-8-13-7-14-17/h7-9H,5-6H2,1-4H3/t9-/m1/s1. The third-order valence-corrected chi connectivity index (χ3v) is 4.05. The van der Waals surface area contributed by atoms with Crippen LogP contribution in [0.4, 0.5) is 0 Å². The number of hydrogen-bond acceptors (Lipinski definition) is 5. The molecule has 0 bridgehead atoms. The van der Waals surface area contributed by atoms with Gasteiger partial charge in [0.05, 0.1) is 23.3 Å². The van der Waals surface area contributed by atoms with Crippen LogP contribution in [0.1, 0.15) is 28.5 Å². The van der Waals surface area contributed by atoms with Crippen LogP contribution in [0.5, 0.6) is 0 Å². The van der Waals surface area contributed by atoms with Crippen molar-refractivity contribution in [3.05, 3.63) is 28.2 Å². The van der Waals surface area contributed by atoms with E-state index in [4.69, 9.17) is 0 Å². The van der Waals surface area contributed by atoms with E-state index in [2.05, 4.69) is 47.8 Å². The Hall–Kier alpha value is -1.27. The molecule has 0 spiro atoms. The second-order valence-electron chi connectivity index (χ2n) is 4.49. The highest BCUT2D eigenvalue weighted by Crippen LogP contribution is 2.25. The minimum Gasteiger partial charge on any atom is -0.296 e. The van der Waals surface area contributed by atoms with Gasteiger partial charge >= 0.3 is 0 Å². The summed E-state index contributed by atoms with van der Waals surface area (Å²) in [6.07, 6.45) is 3.31. The highest BCUT2D eigenvalue weighted by atomic mass is 32.1. The Morgan fingerprint density at radius 1 is 1.44 bits per heavy atom. The van der Waals surface area contributed by atoms with E-state index in [0.717, 1.165) is 18.1 Å². The molecule has 0 saturated heterocycles. The predicted molar refractivity (Wildman–Crippen MR) is 72.7 cm³/mol. The van der Waals surface area contributed by atoms with Crippen LogP contribution in [0.25, 0.3) is 0 Å². The van der Waals surface area contributed by atoms with Crippen molar-refractivity contribution in [3.63, 3.8) is 0 Å². The van der Waals surface area contributed by atoms with Gasteiger partial charge in [-0.1, -0.05) is 0 Å². The maximum Gasteiger partial charge on any atom is 0.137 e. The second kappa shape index (κ2) is 5.58. The van der Waals surface area contributed by atoms with Gasteiger partial charge in [0.1, 0.15) is 12.7 Å². The number of nitrogens with zero attached hydrogens (tertiary/aromatic N) is 5. The molecule has 5 nitrogen and oxygen atoms in total. The van der Waals surface area contributed by atoms with Crippen LogP contribution in [0, 0.1) is 13.8 Å². The molecular formula is C12H19N5S. The average Bonchev–Trinajstić information content (AvgIpc) is 2.94. The topological polar surface area (TPSA) is 46.8 Å². The summed E-state index contributed by atoms with van der Waals surface area (Å²) < 4.78 is 1.85. The molecular weight excluding hydrogens is 246 g/mol. The van der Waals surface area contributed by atoms with Crippen molar-refractivity contribution in [2.75, 3.05) is 13.6 Å². The Morgan fingerprint density at radius 2 is 2.22 bits per heavy atom. The summed E-state index contributed by atoms with van der Waals surface area (Å²) in [6, 6.07) is 0.332. The first kappa shape index (κ1) is 13.2. The molecule has 0 N–H and O–H groups in total. The van der Waals surface area contributed by atoms with Gasteiger partial charge in [-0.05, 0) is 27.8 Å². The monoisotopic (exact) mass is 265 g/mol. The van der Waals surface area contributed by atoms with Crippen LogP contribution >= 0.6 is 11.3 Å². The molecule has 0 unspecified atom stereocenters. The maximum atomic E-state index is 4.62. The Morgan fingerprint density at radius 3 is 2.78 bits per heavy atom. The van der Waals surface area contributed by atoms with E-state index >= 15 is 0 Å². The van der Waals surface area contributed by atoms with Crippen molar-refractivity contribution < 1.29 is 0 Å².